The summed E-state index contributed by atoms with van der Waals surface area (Å²) in [5, 5.41) is 0. The first kappa shape index (κ1) is 19.5. The molecule has 0 saturated carbocycles. The van der Waals surface area contributed by atoms with Crippen molar-refractivity contribution in [2.24, 2.45) is 0 Å². The summed E-state index contributed by atoms with van der Waals surface area (Å²) in [7, 11) is 0. The Hall–Kier alpha value is -1.82. The predicted molar refractivity (Wildman–Crippen MR) is 112 cm³/mol. The normalized spacial score (nSPS) is 13.4. The van der Waals surface area contributed by atoms with Crippen LogP contribution in [-0.4, -0.2) is 0 Å². The minimum atomic E-state index is 0.209. The van der Waals surface area contributed by atoms with Crippen molar-refractivity contribution in [1.29, 1.82) is 0 Å². The molecule has 1 unspecified atom stereocenters. The van der Waals surface area contributed by atoms with Crippen molar-refractivity contribution in [2.45, 2.75) is 70.6 Å². The molecular formula is C25H34. The van der Waals surface area contributed by atoms with Gasteiger partial charge < -0.3 is 0 Å². The highest BCUT2D eigenvalue weighted by atomic mass is 14.3. The number of rotatable bonds is 11. The SMILES string of the molecule is C=C(CC(CC)(CCCCCCC)c1ccccc1)c1ccccc1. The largest absolute Gasteiger partial charge is 0.0952 e. The molecule has 0 radical (unpaired) electrons. The Bertz CT molecular complexity index is 611. The van der Waals surface area contributed by atoms with Gasteiger partial charge in [0.2, 0.25) is 0 Å². The van der Waals surface area contributed by atoms with E-state index in [4.69, 9.17) is 0 Å². The van der Waals surface area contributed by atoms with Crippen LogP contribution in [-0.2, 0) is 5.41 Å². The number of hydrogen-bond acceptors (Lipinski definition) is 0. The molecular weight excluding hydrogens is 300 g/mol. The van der Waals surface area contributed by atoms with E-state index in [2.05, 4.69) is 81.1 Å². The van der Waals surface area contributed by atoms with Gasteiger partial charge in [0, 0.05) is 0 Å². The number of hydrogen-bond donors (Lipinski definition) is 0. The Morgan fingerprint density at radius 1 is 0.800 bits per heavy atom. The summed E-state index contributed by atoms with van der Waals surface area (Å²) in [6.07, 6.45) is 10.2. The second-order valence-electron chi connectivity index (χ2n) is 7.31. The molecule has 0 saturated heterocycles. The first-order chi connectivity index (χ1) is 12.2. The van der Waals surface area contributed by atoms with E-state index in [0.717, 1.165) is 12.8 Å². The van der Waals surface area contributed by atoms with Gasteiger partial charge in [-0.15, -0.1) is 0 Å². The van der Waals surface area contributed by atoms with Crippen molar-refractivity contribution < 1.29 is 0 Å². The van der Waals surface area contributed by atoms with Crippen LogP contribution in [0.3, 0.4) is 0 Å². The van der Waals surface area contributed by atoms with Crippen LogP contribution in [0.1, 0.15) is 76.3 Å². The highest BCUT2D eigenvalue weighted by molar-refractivity contribution is 5.64. The standard InChI is InChI=1S/C25H34/c1-4-6-7-8-15-20-25(5-2,24-18-13-10-14-19-24)21-22(3)23-16-11-9-12-17-23/h9-14,16-19H,3-8,15,20-21H2,1-2H3. The molecule has 1 atom stereocenters. The zero-order chi connectivity index (χ0) is 18.0. The van der Waals surface area contributed by atoms with E-state index in [9.17, 15) is 0 Å². The molecule has 0 spiro atoms. The molecule has 0 aliphatic heterocycles. The second-order valence-corrected chi connectivity index (χ2v) is 7.31. The van der Waals surface area contributed by atoms with Gasteiger partial charge in [-0.05, 0) is 41.4 Å². The average molecular weight is 335 g/mol. The smallest absolute Gasteiger partial charge is 0.000927 e. The van der Waals surface area contributed by atoms with Crippen LogP contribution in [0.15, 0.2) is 67.2 Å². The number of allylic oxidation sites excluding steroid dienone is 1. The van der Waals surface area contributed by atoms with E-state index in [1.807, 2.05) is 0 Å². The average Bonchev–Trinajstić information content (AvgIpc) is 2.68. The Labute approximate surface area is 155 Å². The van der Waals surface area contributed by atoms with Crippen molar-refractivity contribution in [2.75, 3.05) is 0 Å². The van der Waals surface area contributed by atoms with Crippen LogP contribution >= 0.6 is 0 Å². The number of unbranched alkanes of at least 4 members (excludes halogenated alkanes) is 4. The highest BCUT2D eigenvalue weighted by Gasteiger charge is 2.30. The summed E-state index contributed by atoms with van der Waals surface area (Å²) in [6, 6.07) is 21.8. The first-order valence-corrected chi connectivity index (χ1v) is 10.0. The third-order valence-corrected chi connectivity index (χ3v) is 5.56. The van der Waals surface area contributed by atoms with Gasteiger partial charge in [0.25, 0.3) is 0 Å². The second kappa shape index (κ2) is 10.2. The molecule has 0 nitrogen and oxygen atoms in total. The zero-order valence-corrected chi connectivity index (χ0v) is 16.1. The van der Waals surface area contributed by atoms with Gasteiger partial charge in [-0.25, -0.2) is 0 Å². The lowest BCUT2D eigenvalue weighted by Gasteiger charge is -2.35. The van der Waals surface area contributed by atoms with Crippen LogP contribution in [0.4, 0.5) is 0 Å². The van der Waals surface area contributed by atoms with Crippen molar-refractivity contribution in [1.82, 2.24) is 0 Å². The molecule has 0 amide bonds. The lowest BCUT2D eigenvalue weighted by atomic mass is 9.69. The van der Waals surface area contributed by atoms with Gasteiger partial charge >= 0.3 is 0 Å². The topological polar surface area (TPSA) is 0 Å². The van der Waals surface area contributed by atoms with Gasteiger partial charge in [0.1, 0.15) is 0 Å². The third kappa shape index (κ3) is 5.59. The van der Waals surface area contributed by atoms with E-state index >= 15 is 0 Å². The molecule has 2 aromatic carbocycles. The minimum absolute atomic E-state index is 0.209. The predicted octanol–water partition coefficient (Wildman–Crippen LogP) is 7.80. The van der Waals surface area contributed by atoms with Crippen LogP contribution in [0, 0.1) is 0 Å². The van der Waals surface area contributed by atoms with Gasteiger partial charge in [0.15, 0.2) is 0 Å². The molecule has 0 heterocycles. The molecule has 0 aliphatic carbocycles. The van der Waals surface area contributed by atoms with E-state index < -0.39 is 0 Å². The van der Waals surface area contributed by atoms with Gasteiger partial charge in [0.05, 0.1) is 0 Å². The minimum Gasteiger partial charge on any atom is -0.0952 e. The molecule has 0 aromatic heterocycles. The maximum Gasteiger partial charge on any atom is -0.000927 e. The van der Waals surface area contributed by atoms with Crippen LogP contribution < -0.4 is 0 Å². The highest BCUT2D eigenvalue weighted by Crippen LogP contribution is 2.41. The maximum atomic E-state index is 4.44. The number of benzene rings is 2. The fourth-order valence-electron chi connectivity index (χ4n) is 3.88. The summed E-state index contributed by atoms with van der Waals surface area (Å²) in [4.78, 5) is 0. The Kier molecular flexibility index (Phi) is 7.98. The van der Waals surface area contributed by atoms with Crippen LogP contribution in [0.2, 0.25) is 0 Å². The molecule has 0 N–H and O–H groups in total. The summed E-state index contributed by atoms with van der Waals surface area (Å²) >= 11 is 0. The van der Waals surface area contributed by atoms with Crippen LogP contribution in [0.5, 0.6) is 0 Å². The quantitative estimate of drug-likeness (QED) is 0.368. The van der Waals surface area contributed by atoms with E-state index in [-0.39, 0.29) is 5.41 Å². The van der Waals surface area contributed by atoms with E-state index in [1.165, 1.54) is 55.2 Å². The monoisotopic (exact) mass is 334 g/mol. The lowest BCUT2D eigenvalue weighted by molar-refractivity contribution is 0.368. The van der Waals surface area contributed by atoms with Crippen LogP contribution in [0.25, 0.3) is 5.57 Å². The fourth-order valence-corrected chi connectivity index (χ4v) is 3.88. The lowest BCUT2D eigenvalue weighted by Crippen LogP contribution is -2.26. The first-order valence-electron chi connectivity index (χ1n) is 10.0. The Balaban J connectivity index is 2.17. The maximum absolute atomic E-state index is 4.44. The molecule has 2 aromatic rings. The zero-order valence-electron chi connectivity index (χ0n) is 16.1. The molecule has 0 fully saturated rings. The molecule has 134 valence electrons. The van der Waals surface area contributed by atoms with Gasteiger partial charge in [-0.1, -0.05) is 113 Å². The van der Waals surface area contributed by atoms with E-state index in [1.54, 1.807) is 0 Å². The Morgan fingerprint density at radius 3 is 2.00 bits per heavy atom. The molecule has 0 heteroatoms. The van der Waals surface area contributed by atoms with Crippen molar-refractivity contribution in [3.05, 3.63) is 78.4 Å². The molecule has 0 bridgehead atoms. The summed E-state index contributed by atoms with van der Waals surface area (Å²) in [5.41, 5.74) is 4.23. The summed E-state index contributed by atoms with van der Waals surface area (Å²) in [6.45, 7) is 9.07. The van der Waals surface area contributed by atoms with Gasteiger partial charge in [-0.3, -0.25) is 0 Å². The summed E-state index contributed by atoms with van der Waals surface area (Å²) in [5.74, 6) is 0. The molecule has 0 aliphatic rings. The summed E-state index contributed by atoms with van der Waals surface area (Å²) < 4.78 is 0. The third-order valence-electron chi connectivity index (χ3n) is 5.56. The van der Waals surface area contributed by atoms with Gasteiger partial charge in [-0.2, -0.15) is 0 Å². The molecule has 25 heavy (non-hydrogen) atoms. The molecule has 2 rings (SSSR count). The van der Waals surface area contributed by atoms with Crippen molar-refractivity contribution >= 4 is 5.57 Å². The van der Waals surface area contributed by atoms with Crippen molar-refractivity contribution in [3.8, 4) is 0 Å². The fraction of sp³-hybridized carbons (Fsp3) is 0.440. The van der Waals surface area contributed by atoms with E-state index in [0.29, 0.717) is 0 Å². The Morgan fingerprint density at radius 2 is 1.40 bits per heavy atom. The van der Waals surface area contributed by atoms with Crippen molar-refractivity contribution in [3.63, 3.8) is 0 Å².